The average Bonchev–Trinajstić information content (AvgIpc) is 3.15. The molecule has 1 atom stereocenters. The number of benzene rings is 1. The van der Waals surface area contributed by atoms with Gasteiger partial charge in [0.05, 0.1) is 6.54 Å². The Morgan fingerprint density at radius 2 is 2.11 bits per heavy atom. The average molecular weight is 243 g/mol. The standard InChI is InChI=1S/C15H21N3/c1-18-10-9-16-15(18)17-11-14(13-7-8-13)12-5-3-2-4-6-12/h2-6,13-14H,7-11H2,1H3,(H,16,17). The Kier molecular flexibility index (Phi) is 3.22. The summed E-state index contributed by atoms with van der Waals surface area (Å²) in [6.07, 6.45) is 2.76. The molecule has 1 fully saturated rings. The fraction of sp³-hybridized carbons (Fsp3) is 0.533. The highest BCUT2D eigenvalue weighted by Crippen LogP contribution is 2.42. The number of rotatable bonds is 4. The minimum Gasteiger partial charge on any atom is -0.356 e. The molecule has 1 aliphatic carbocycles. The van der Waals surface area contributed by atoms with Crippen molar-refractivity contribution in [2.75, 3.05) is 26.7 Å². The Balaban J connectivity index is 1.65. The van der Waals surface area contributed by atoms with Crippen LogP contribution in [0.1, 0.15) is 24.3 Å². The smallest absolute Gasteiger partial charge is 0.193 e. The Hall–Kier alpha value is -1.51. The Labute approximate surface area is 109 Å². The molecule has 1 N–H and O–H groups in total. The molecule has 1 unspecified atom stereocenters. The van der Waals surface area contributed by atoms with Gasteiger partial charge < -0.3 is 10.2 Å². The van der Waals surface area contributed by atoms with Gasteiger partial charge in [-0.15, -0.1) is 0 Å². The van der Waals surface area contributed by atoms with Crippen LogP contribution in [-0.4, -0.2) is 37.5 Å². The summed E-state index contributed by atoms with van der Waals surface area (Å²) < 4.78 is 0. The molecule has 0 spiro atoms. The minimum atomic E-state index is 0.642. The quantitative estimate of drug-likeness (QED) is 0.876. The second-order valence-corrected chi connectivity index (χ2v) is 5.36. The van der Waals surface area contributed by atoms with Gasteiger partial charge in [-0.25, -0.2) is 0 Å². The van der Waals surface area contributed by atoms with Crippen LogP contribution in [0.15, 0.2) is 35.3 Å². The van der Waals surface area contributed by atoms with Gasteiger partial charge in [-0.1, -0.05) is 30.3 Å². The normalized spacial score (nSPS) is 20.7. The van der Waals surface area contributed by atoms with E-state index in [0.717, 1.165) is 31.5 Å². The van der Waals surface area contributed by atoms with Crippen molar-refractivity contribution in [2.45, 2.75) is 18.8 Å². The fourth-order valence-corrected chi connectivity index (χ4v) is 2.68. The van der Waals surface area contributed by atoms with E-state index < -0.39 is 0 Å². The first-order valence-electron chi connectivity index (χ1n) is 6.89. The number of hydrogen-bond acceptors (Lipinski definition) is 3. The van der Waals surface area contributed by atoms with Gasteiger partial charge in [-0.05, 0) is 24.3 Å². The molecule has 3 rings (SSSR count). The maximum absolute atomic E-state index is 4.49. The molecular weight excluding hydrogens is 222 g/mol. The second-order valence-electron chi connectivity index (χ2n) is 5.36. The molecule has 1 aromatic rings. The summed E-state index contributed by atoms with van der Waals surface area (Å²) in [6, 6.07) is 10.9. The number of likely N-dealkylation sites (N-methyl/N-ethyl adjacent to an activating group) is 1. The van der Waals surface area contributed by atoms with Crippen molar-refractivity contribution in [3.05, 3.63) is 35.9 Å². The lowest BCUT2D eigenvalue weighted by Gasteiger charge is -2.21. The van der Waals surface area contributed by atoms with Crippen LogP contribution in [0.25, 0.3) is 0 Å². The van der Waals surface area contributed by atoms with Crippen LogP contribution in [0.4, 0.5) is 0 Å². The van der Waals surface area contributed by atoms with Crippen LogP contribution >= 0.6 is 0 Å². The van der Waals surface area contributed by atoms with Gasteiger partial charge in [0.1, 0.15) is 0 Å². The van der Waals surface area contributed by atoms with Crippen LogP contribution in [0.2, 0.25) is 0 Å². The highest BCUT2D eigenvalue weighted by Gasteiger charge is 2.32. The van der Waals surface area contributed by atoms with Crippen molar-refractivity contribution < 1.29 is 0 Å². The van der Waals surface area contributed by atoms with Crippen molar-refractivity contribution in [1.82, 2.24) is 10.2 Å². The number of hydrogen-bond donors (Lipinski definition) is 1. The summed E-state index contributed by atoms with van der Waals surface area (Å²) in [5, 5.41) is 3.53. The summed E-state index contributed by atoms with van der Waals surface area (Å²) in [7, 11) is 2.10. The molecule has 1 heterocycles. The van der Waals surface area contributed by atoms with Crippen molar-refractivity contribution in [2.24, 2.45) is 10.9 Å². The van der Waals surface area contributed by atoms with Crippen molar-refractivity contribution >= 4 is 5.96 Å². The first-order chi connectivity index (χ1) is 8.84. The number of guanidine groups is 1. The molecule has 96 valence electrons. The van der Waals surface area contributed by atoms with Gasteiger partial charge in [0.25, 0.3) is 0 Å². The van der Waals surface area contributed by atoms with Crippen LogP contribution in [-0.2, 0) is 0 Å². The topological polar surface area (TPSA) is 27.6 Å². The Morgan fingerprint density at radius 3 is 2.72 bits per heavy atom. The van der Waals surface area contributed by atoms with E-state index in [2.05, 4.69) is 52.6 Å². The zero-order chi connectivity index (χ0) is 12.4. The molecule has 1 saturated carbocycles. The highest BCUT2D eigenvalue weighted by atomic mass is 15.3. The summed E-state index contributed by atoms with van der Waals surface area (Å²) in [6.45, 7) is 2.98. The lowest BCUT2D eigenvalue weighted by molar-refractivity contribution is 0.515. The predicted molar refractivity (Wildman–Crippen MR) is 74.8 cm³/mol. The molecule has 0 bridgehead atoms. The van der Waals surface area contributed by atoms with E-state index in [1.165, 1.54) is 18.4 Å². The molecule has 1 aromatic carbocycles. The largest absolute Gasteiger partial charge is 0.356 e. The lowest BCUT2D eigenvalue weighted by atomic mass is 9.94. The molecule has 0 aromatic heterocycles. The summed E-state index contributed by atoms with van der Waals surface area (Å²) in [4.78, 5) is 6.70. The number of nitrogens with zero attached hydrogens (tertiary/aromatic N) is 2. The molecule has 18 heavy (non-hydrogen) atoms. The molecule has 0 amide bonds. The number of nitrogens with one attached hydrogen (secondary N) is 1. The first kappa shape index (κ1) is 11.6. The zero-order valence-corrected chi connectivity index (χ0v) is 11.0. The molecule has 1 aliphatic heterocycles. The van der Waals surface area contributed by atoms with Crippen LogP contribution in [0, 0.1) is 5.92 Å². The maximum Gasteiger partial charge on any atom is 0.193 e. The SMILES string of the molecule is CN1CCN=C1NCC(c1ccccc1)C1CC1. The molecule has 0 saturated heterocycles. The summed E-state index contributed by atoms with van der Waals surface area (Å²) in [5.41, 5.74) is 1.47. The highest BCUT2D eigenvalue weighted by molar-refractivity contribution is 5.81. The zero-order valence-electron chi connectivity index (χ0n) is 11.0. The van der Waals surface area contributed by atoms with E-state index in [9.17, 15) is 0 Å². The first-order valence-corrected chi connectivity index (χ1v) is 6.89. The number of aliphatic imine (C=N–C) groups is 1. The van der Waals surface area contributed by atoms with Crippen LogP contribution in [0.5, 0.6) is 0 Å². The molecule has 3 nitrogen and oxygen atoms in total. The van der Waals surface area contributed by atoms with E-state index in [-0.39, 0.29) is 0 Å². The van der Waals surface area contributed by atoms with Gasteiger partial charge >= 0.3 is 0 Å². The fourth-order valence-electron chi connectivity index (χ4n) is 2.68. The van der Waals surface area contributed by atoms with E-state index in [0.29, 0.717) is 5.92 Å². The van der Waals surface area contributed by atoms with Gasteiger partial charge in [-0.3, -0.25) is 4.99 Å². The van der Waals surface area contributed by atoms with E-state index in [4.69, 9.17) is 0 Å². The van der Waals surface area contributed by atoms with Crippen molar-refractivity contribution in [3.8, 4) is 0 Å². The van der Waals surface area contributed by atoms with Gasteiger partial charge in [0, 0.05) is 26.1 Å². The van der Waals surface area contributed by atoms with Gasteiger partial charge in [-0.2, -0.15) is 0 Å². The third-order valence-electron chi connectivity index (χ3n) is 3.96. The Morgan fingerprint density at radius 1 is 1.33 bits per heavy atom. The molecule has 0 radical (unpaired) electrons. The monoisotopic (exact) mass is 243 g/mol. The van der Waals surface area contributed by atoms with E-state index in [1.54, 1.807) is 0 Å². The molecular formula is C15H21N3. The van der Waals surface area contributed by atoms with Crippen LogP contribution in [0.3, 0.4) is 0 Å². The van der Waals surface area contributed by atoms with Gasteiger partial charge in [0.2, 0.25) is 0 Å². The maximum atomic E-state index is 4.49. The summed E-state index contributed by atoms with van der Waals surface area (Å²) >= 11 is 0. The predicted octanol–water partition coefficient (Wildman–Crippen LogP) is 2.07. The minimum absolute atomic E-state index is 0.642. The van der Waals surface area contributed by atoms with Gasteiger partial charge in [0.15, 0.2) is 5.96 Å². The molecule has 3 heteroatoms. The second kappa shape index (κ2) is 5.01. The van der Waals surface area contributed by atoms with Crippen molar-refractivity contribution in [1.29, 1.82) is 0 Å². The Bertz CT molecular complexity index is 423. The molecule has 2 aliphatic rings. The lowest BCUT2D eigenvalue weighted by Crippen LogP contribution is -2.38. The van der Waals surface area contributed by atoms with E-state index >= 15 is 0 Å². The van der Waals surface area contributed by atoms with Crippen molar-refractivity contribution in [3.63, 3.8) is 0 Å². The summed E-state index contributed by atoms with van der Waals surface area (Å²) in [5.74, 6) is 2.58. The third kappa shape index (κ3) is 2.50. The third-order valence-corrected chi connectivity index (χ3v) is 3.96. The van der Waals surface area contributed by atoms with Crippen LogP contribution < -0.4 is 5.32 Å². The van der Waals surface area contributed by atoms with E-state index in [1.807, 2.05) is 0 Å².